The molecule has 0 bridgehead atoms. The van der Waals surface area contributed by atoms with Crippen LogP contribution in [0.5, 0.6) is 11.5 Å². The van der Waals surface area contributed by atoms with Gasteiger partial charge in [-0.3, -0.25) is 19.7 Å². The van der Waals surface area contributed by atoms with Crippen LogP contribution in [-0.4, -0.2) is 23.1 Å². The maximum atomic E-state index is 13.1. The number of carbonyl (C=O) groups is 2. The Morgan fingerprint density at radius 2 is 1.68 bits per heavy atom. The number of nitro groups is 1. The van der Waals surface area contributed by atoms with Gasteiger partial charge in [0.2, 0.25) is 0 Å². The molecule has 37 heavy (non-hydrogen) atoms. The molecule has 5 rings (SSSR count). The Morgan fingerprint density at radius 3 is 2.30 bits per heavy atom. The number of benzene rings is 2. The number of allylic oxidation sites excluding steroid dienone is 4. The Hall–Kier alpha value is -3.65. The smallest absolute Gasteiger partial charge is 0.269 e. The van der Waals surface area contributed by atoms with Gasteiger partial charge in [-0.15, -0.1) is 0 Å². The molecule has 0 saturated carbocycles. The molecule has 0 unspecified atom stereocenters. The Labute approximate surface area is 219 Å². The molecule has 3 aliphatic rings. The summed E-state index contributed by atoms with van der Waals surface area (Å²) in [5.74, 6) is 1.36. The average molecular weight is 524 g/mol. The summed E-state index contributed by atoms with van der Waals surface area (Å²) in [5, 5.41) is 11.4. The van der Waals surface area contributed by atoms with Crippen LogP contribution in [0.4, 0.5) is 5.69 Å². The number of hydrogen-bond acceptors (Lipinski definition) is 7. The van der Waals surface area contributed by atoms with Crippen molar-refractivity contribution in [3.8, 4) is 11.5 Å². The highest BCUT2D eigenvalue weighted by Gasteiger charge is 2.42. The highest BCUT2D eigenvalue weighted by Crippen LogP contribution is 2.50. The molecule has 9 heteroatoms. The second-order valence-corrected chi connectivity index (χ2v) is 9.65. The van der Waals surface area contributed by atoms with Crippen molar-refractivity contribution in [1.29, 1.82) is 0 Å². The molecular formula is C28H26ClNO7. The minimum absolute atomic E-state index is 0.0174. The van der Waals surface area contributed by atoms with E-state index in [1.165, 1.54) is 12.1 Å². The van der Waals surface area contributed by atoms with Crippen molar-refractivity contribution < 1.29 is 28.7 Å². The zero-order valence-electron chi connectivity index (χ0n) is 20.4. The summed E-state index contributed by atoms with van der Waals surface area (Å²) in [6.45, 7) is 2.20. The van der Waals surface area contributed by atoms with Gasteiger partial charge in [-0.05, 0) is 43.0 Å². The van der Waals surface area contributed by atoms with Gasteiger partial charge in [0.25, 0.3) is 5.69 Å². The molecule has 2 aromatic rings. The molecule has 0 saturated heterocycles. The van der Waals surface area contributed by atoms with Crippen LogP contribution in [0.15, 0.2) is 59.1 Å². The molecule has 0 radical (unpaired) electrons. The Morgan fingerprint density at radius 1 is 1.00 bits per heavy atom. The van der Waals surface area contributed by atoms with E-state index in [9.17, 15) is 19.7 Å². The monoisotopic (exact) mass is 523 g/mol. The first-order valence-corrected chi connectivity index (χ1v) is 12.8. The number of hydrogen-bond donors (Lipinski definition) is 0. The van der Waals surface area contributed by atoms with E-state index in [-0.39, 0.29) is 28.9 Å². The third kappa shape index (κ3) is 4.85. The highest BCUT2D eigenvalue weighted by atomic mass is 35.5. The van der Waals surface area contributed by atoms with Gasteiger partial charge in [0.15, 0.2) is 23.1 Å². The number of nitro benzene ring substituents is 1. The van der Waals surface area contributed by atoms with Gasteiger partial charge in [0.1, 0.15) is 18.1 Å². The Kier molecular flexibility index (Phi) is 7.02. The second-order valence-electron chi connectivity index (χ2n) is 9.24. The molecule has 1 aliphatic heterocycles. The average Bonchev–Trinajstić information content (AvgIpc) is 2.87. The largest absolute Gasteiger partial charge is 0.490 e. The molecule has 0 amide bonds. The summed E-state index contributed by atoms with van der Waals surface area (Å²) in [4.78, 5) is 36.8. The maximum absolute atomic E-state index is 13.1. The minimum atomic E-state index is -0.568. The summed E-state index contributed by atoms with van der Waals surface area (Å²) in [7, 11) is 0. The standard InChI is InChI=1S/C28H26ClNO7/c1-2-35-24-14-17(13-19(29)28(24)36-15-16-6-3-7-18(12-16)30(33)34)25-26-20(31)8-4-10-22(26)37-23-11-5-9-21(32)27(23)25/h3,6-7,12-14,25H,2,4-5,8-11,15H2,1H3. The molecule has 2 aromatic carbocycles. The first kappa shape index (κ1) is 25.0. The molecule has 0 N–H and O–H groups in total. The van der Waals surface area contributed by atoms with Crippen molar-refractivity contribution in [1.82, 2.24) is 0 Å². The lowest BCUT2D eigenvalue weighted by atomic mass is 9.73. The minimum Gasteiger partial charge on any atom is -0.490 e. The number of ketones is 2. The van der Waals surface area contributed by atoms with Gasteiger partial charge in [-0.1, -0.05) is 23.7 Å². The van der Waals surface area contributed by atoms with Crippen molar-refractivity contribution in [3.05, 3.63) is 85.3 Å². The molecule has 0 atom stereocenters. The lowest BCUT2D eigenvalue weighted by molar-refractivity contribution is -0.384. The van der Waals surface area contributed by atoms with E-state index in [0.29, 0.717) is 77.6 Å². The summed E-state index contributed by atoms with van der Waals surface area (Å²) < 4.78 is 18.0. The molecule has 192 valence electrons. The number of halogens is 1. The van der Waals surface area contributed by atoms with E-state index in [2.05, 4.69) is 0 Å². The van der Waals surface area contributed by atoms with E-state index >= 15 is 0 Å². The van der Waals surface area contributed by atoms with Crippen LogP contribution in [0, 0.1) is 10.1 Å². The molecule has 0 fully saturated rings. The van der Waals surface area contributed by atoms with Crippen molar-refractivity contribution in [2.24, 2.45) is 0 Å². The first-order chi connectivity index (χ1) is 17.9. The van der Waals surface area contributed by atoms with Crippen molar-refractivity contribution >= 4 is 28.9 Å². The van der Waals surface area contributed by atoms with Gasteiger partial charge >= 0.3 is 0 Å². The van der Waals surface area contributed by atoms with Crippen molar-refractivity contribution in [3.63, 3.8) is 0 Å². The fourth-order valence-corrected chi connectivity index (χ4v) is 5.50. The van der Waals surface area contributed by atoms with E-state index in [0.717, 1.165) is 12.8 Å². The van der Waals surface area contributed by atoms with Crippen LogP contribution in [0.3, 0.4) is 0 Å². The zero-order valence-corrected chi connectivity index (χ0v) is 21.1. The fourth-order valence-electron chi connectivity index (χ4n) is 5.22. The van der Waals surface area contributed by atoms with Crippen LogP contribution in [0.1, 0.15) is 62.5 Å². The zero-order chi connectivity index (χ0) is 26.1. The Balaban J connectivity index is 1.55. The maximum Gasteiger partial charge on any atom is 0.269 e. The predicted molar refractivity (Wildman–Crippen MR) is 136 cm³/mol. The summed E-state index contributed by atoms with van der Waals surface area (Å²) in [5.41, 5.74) is 2.30. The highest BCUT2D eigenvalue weighted by molar-refractivity contribution is 6.32. The molecular weight excluding hydrogens is 498 g/mol. The van der Waals surface area contributed by atoms with E-state index in [1.54, 1.807) is 24.3 Å². The number of nitrogens with zero attached hydrogens (tertiary/aromatic N) is 1. The molecule has 0 spiro atoms. The quantitative estimate of drug-likeness (QED) is 0.307. The van der Waals surface area contributed by atoms with Gasteiger partial charge < -0.3 is 14.2 Å². The van der Waals surface area contributed by atoms with Gasteiger partial charge in [-0.25, -0.2) is 0 Å². The fraction of sp³-hybridized carbons (Fsp3) is 0.357. The van der Waals surface area contributed by atoms with Crippen molar-refractivity contribution in [2.75, 3.05) is 6.61 Å². The Bertz CT molecular complexity index is 1320. The van der Waals surface area contributed by atoms with Crippen LogP contribution in [0.2, 0.25) is 5.02 Å². The third-order valence-corrected chi connectivity index (χ3v) is 7.09. The first-order valence-electron chi connectivity index (χ1n) is 12.4. The van der Waals surface area contributed by atoms with Crippen LogP contribution >= 0.6 is 11.6 Å². The van der Waals surface area contributed by atoms with E-state index < -0.39 is 10.8 Å². The summed E-state index contributed by atoms with van der Waals surface area (Å²) in [6, 6.07) is 9.65. The second kappa shape index (κ2) is 10.4. The third-order valence-electron chi connectivity index (χ3n) is 6.81. The summed E-state index contributed by atoms with van der Waals surface area (Å²) >= 11 is 6.71. The molecule has 0 aromatic heterocycles. The number of Topliss-reactive ketones (excluding diaryl/α,β-unsaturated/α-hetero) is 2. The predicted octanol–water partition coefficient (Wildman–Crippen LogP) is 6.35. The van der Waals surface area contributed by atoms with E-state index in [1.807, 2.05) is 6.92 Å². The molecule has 1 heterocycles. The molecule has 2 aliphatic carbocycles. The van der Waals surface area contributed by atoms with Gasteiger partial charge in [0, 0.05) is 54.9 Å². The lowest BCUT2D eigenvalue weighted by Gasteiger charge is -2.36. The van der Waals surface area contributed by atoms with Crippen LogP contribution in [0.25, 0.3) is 0 Å². The topological polar surface area (TPSA) is 105 Å². The number of non-ortho nitro benzene ring substituents is 1. The summed E-state index contributed by atoms with van der Waals surface area (Å²) in [6.07, 6.45) is 3.56. The van der Waals surface area contributed by atoms with E-state index in [4.69, 9.17) is 25.8 Å². The SMILES string of the molecule is CCOc1cc(C2C3=C(CCCC3=O)OC3=C2C(=O)CCC3)cc(Cl)c1OCc1cccc([N+](=O)[O-])c1. The van der Waals surface area contributed by atoms with Gasteiger partial charge in [0.05, 0.1) is 16.6 Å². The molecule has 8 nitrogen and oxygen atoms in total. The number of ether oxygens (including phenoxy) is 3. The van der Waals surface area contributed by atoms with Crippen LogP contribution < -0.4 is 9.47 Å². The number of rotatable bonds is 7. The number of carbonyl (C=O) groups excluding carboxylic acids is 2. The normalized spacial score (nSPS) is 17.8. The van der Waals surface area contributed by atoms with Crippen molar-refractivity contribution in [2.45, 2.75) is 58.0 Å². The lowest BCUT2D eigenvalue weighted by Crippen LogP contribution is -2.30. The van der Waals surface area contributed by atoms with Crippen LogP contribution in [-0.2, 0) is 20.9 Å². The van der Waals surface area contributed by atoms with Gasteiger partial charge in [-0.2, -0.15) is 0 Å².